The molecular weight excluding hydrogens is 912 g/mol. The zero-order valence-corrected chi connectivity index (χ0v) is 37.2. The lowest BCUT2D eigenvalue weighted by atomic mass is 9.93. The first-order valence-corrected chi connectivity index (χ1v) is 22.5. The molecule has 66 heavy (non-hydrogen) atoms. The lowest BCUT2D eigenvalue weighted by Crippen LogP contribution is -2.55. The SMILES string of the molecule is COc1ccc(S(=O)(=O)N2Cc3cc4c(cc3C[C@H]2C(=O)NC(Cc2ccc(-c3ccc(C#N)cc3)cc2)C(=O)O)OC[C@H](c2ccc(OCc3ccc(Cl)c(Cl)c3)cc2)O4)c([N+](=O)[O-])c1. The van der Waals surface area contributed by atoms with E-state index in [-0.39, 0.29) is 31.8 Å². The van der Waals surface area contributed by atoms with Crippen LogP contribution in [-0.2, 0) is 45.6 Å². The van der Waals surface area contributed by atoms with E-state index < -0.39 is 62.1 Å². The average molecular weight is 950 g/mol. The molecule has 0 saturated heterocycles. The van der Waals surface area contributed by atoms with Crippen molar-refractivity contribution in [2.75, 3.05) is 13.7 Å². The van der Waals surface area contributed by atoms with Gasteiger partial charge in [0.25, 0.3) is 15.7 Å². The third-order valence-corrected chi connectivity index (χ3v) is 13.9. The summed E-state index contributed by atoms with van der Waals surface area (Å²) >= 11 is 12.2. The minimum atomic E-state index is -4.84. The van der Waals surface area contributed by atoms with Gasteiger partial charge in [-0.1, -0.05) is 77.8 Å². The van der Waals surface area contributed by atoms with Crippen LogP contribution >= 0.6 is 23.2 Å². The van der Waals surface area contributed by atoms with E-state index in [4.69, 9.17) is 47.4 Å². The second kappa shape index (κ2) is 19.1. The predicted octanol–water partition coefficient (Wildman–Crippen LogP) is 8.47. The maximum Gasteiger partial charge on any atom is 0.326 e. The van der Waals surface area contributed by atoms with Gasteiger partial charge in [-0.2, -0.15) is 9.57 Å². The molecule has 2 aliphatic heterocycles. The van der Waals surface area contributed by atoms with Gasteiger partial charge in [-0.05, 0) is 106 Å². The zero-order chi connectivity index (χ0) is 46.7. The van der Waals surface area contributed by atoms with Crippen molar-refractivity contribution in [3.63, 3.8) is 0 Å². The number of benzene rings is 6. The molecule has 3 atom stereocenters. The molecule has 0 aliphatic carbocycles. The fourth-order valence-electron chi connectivity index (χ4n) is 7.73. The van der Waals surface area contributed by atoms with Crippen molar-refractivity contribution in [1.29, 1.82) is 5.26 Å². The van der Waals surface area contributed by atoms with Crippen LogP contribution in [0.15, 0.2) is 126 Å². The standard InChI is InChI=1S/C48H38Cl2N4O11S/c1-62-37-15-17-46(41(23-37)54(58)59)66(60,61)53-25-35-22-44-43(64-27-45(65-44)33-11-13-36(14-12-33)63-26-30-6-16-38(49)39(50)18-30)21-34(35)20-42(53)47(55)52-40(48(56)57)19-28-2-7-31(8-3-28)32-9-4-29(24-51)5-10-32/h2-18,21-23,40,42,45H,19-20,25-27H2,1H3,(H,52,55)(H,56,57)/t40?,42-,45+/m0/s1. The smallest absolute Gasteiger partial charge is 0.326 e. The molecule has 2 N–H and O–H groups in total. The van der Waals surface area contributed by atoms with Gasteiger partial charge in [-0.15, -0.1) is 0 Å². The Morgan fingerprint density at radius 2 is 1.56 bits per heavy atom. The van der Waals surface area contributed by atoms with Crippen LogP contribution in [0.5, 0.6) is 23.0 Å². The largest absolute Gasteiger partial charge is 0.497 e. The topological polar surface area (TPSA) is 208 Å². The lowest BCUT2D eigenvalue weighted by molar-refractivity contribution is -0.387. The molecule has 1 amide bonds. The molecule has 336 valence electrons. The Balaban J connectivity index is 1.04. The third kappa shape index (κ3) is 9.75. The highest BCUT2D eigenvalue weighted by atomic mass is 35.5. The number of nitro groups is 1. The number of rotatable bonds is 14. The number of sulfonamides is 1. The van der Waals surface area contributed by atoms with Gasteiger partial charge < -0.3 is 29.4 Å². The summed E-state index contributed by atoms with van der Waals surface area (Å²) in [5.41, 5.74) is 4.52. The van der Waals surface area contributed by atoms with Crippen molar-refractivity contribution in [2.24, 2.45) is 0 Å². The summed E-state index contributed by atoms with van der Waals surface area (Å²) in [6, 6.07) is 32.0. The van der Waals surface area contributed by atoms with E-state index in [1.54, 1.807) is 84.9 Å². The van der Waals surface area contributed by atoms with Crippen LogP contribution in [0.25, 0.3) is 11.1 Å². The minimum absolute atomic E-state index is 0.0389. The Bertz CT molecular complexity index is 3000. The van der Waals surface area contributed by atoms with E-state index in [2.05, 4.69) is 11.4 Å². The first-order valence-electron chi connectivity index (χ1n) is 20.3. The fourth-order valence-corrected chi connectivity index (χ4v) is 9.75. The minimum Gasteiger partial charge on any atom is -0.497 e. The second-order valence-electron chi connectivity index (χ2n) is 15.4. The number of carbonyl (C=O) groups is 2. The number of aliphatic carboxylic acids is 1. The monoisotopic (exact) mass is 948 g/mol. The summed E-state index contributed by atoms with van der Waals surface area (Å²) < 4.78 is 53.7. The molecule has 2 heterocycles. The maximum atomic E-state index is 14.6. The molecule has 0 saturated carbocycles. The molecule has 1 unspecified atom stereocenters. The molecule has 2 aliphatic rings. The highest BCUT2D eigenvalue weighted by molar-refractivity contribution is 7.89. The summed E-state index contributed by atoms with van der Waals surface area (Å²) in [5, 5.41) is 35.1. The molecular formula is C48H38Cl2N4O11S. The van der Waals surface area contributed by atoms with E-state index in [1.165, 1.54) is 13.2 Å². The van der Waals surface area contributed by atoms with Gasteiger partial charge in [-0.25, -0.2) is 13.2 Å². The highest BCUT2D eigenvalue weighted by Gasteiger charge is 2.44. The molecule has 6 aromatic carbocycles. The Kier molecular flexibility index (Phi) is 13.2. The summed E-state index contributed by atoms with van der Waals surface area (Å²) in [4.78, 5) is 37.7. The molecule has 18 heteroatoms. The van der Waals surface area contributed by atoms with E-state index in [9.17, 15) is 33.2 Å². The van der Waals surface area contributed by atoms with E-state index in [0.29, 0.717) is 49.5 Å². The second-order valence-corrected chi connectivity index (χ2v) is 18.1. The maximum absolute atomic E-state index is 14.6. The number of carboxylic acid groups (broad SMARTS) is 1. The summed E-state index contributed by atoms with van der Waals surface area (Å²) in [6.45, 7) is -0.0501. The number of hydrogen-bond acceptors (Lipinski definition) is 11. The fraction of sp³-hybridized carbons (Fsp3) is 0.188. The van der Waals surface area contributed by atoms with Crippen LogP contribution < -0.4 is 24.3 Å². The number of carbonyl (C=O) groups excluding carboxylic acids is 1. The number of hydrogen-bond donors (Lipinski definition) is 2. The van der Waals surface area contributed by atoms with Crippen LogP contribution in [0.1, 0.15) is 39.5 Å². The lowest BCUT2D eigenvalue weighted by Gasteiger charge is -2.36. The number of nitriles is 1. The first kappa shape index (κ1) is 45.4. The molecule has 0 aromatic heterocycles. The molecule has 6 aromatic rings. The number of nitrogens with zero attached hydrogens (tertiary/aromatic N) is 3. The van der Waals surface area contributed by atoms with Gasteiger partial charge in [-0.3, -0.25) is 14.9 Å². The van der Waals surface area contributed by atoms with Crippen LogP contribution in [-0.4, -0.2) is 60.4 Å². The van der Waals surface area contributed by atoms with Crippen LogP contribution in [0.4, 0.5) is 5.69 Å². The van der Waals surface area contributed by atoms with Crippen molar-refractivity contribution < 1.29 is 47.0 Å². The van der Waals surface area contributed by atoms with Crippen molar-refractivity contribution >= 4 is 50.8 Å². The molecule has 8 rings (SSSR count). The Morgan fingerprint density at radius 1 is 0.894 bits per heavy atom. The zero-order valence-electron chi connectivity index (χ0n) is 34.9. The first-order chi connectivity index (χ1) is 31.7. The van der Waals surface area contributed by atoms with Crippen LogP contribution in [0.3, 0.4) is 0 Å². The van der Waals surface area contributed by atoms with Crippen LogP contribution in [0.2, 0.25) is 10.0 Å². The van der Waals surface area contributed by atoms with Gasteiger partial charge in [0, 0.05) is 13.0 Å². The quantitative estimate of drug-likeness (QED) is 0.0779. The molecule has 15 nitrogen and oxygen atoms in total. The van der Waals surface area contributed by atoms with Crippen LogP contribution in [0, 0.1) is 21.4 Å². The number of ether oxygens (including phenoxy) is 4. The summed E-state index contributed by atoms with van der Waals surface area (Å²) in [5.74, 6) is -1.01. The van der Waals surface area contributed by atoms with Crippen molar-refractivity contribution in [2.45, 2.75) is 49.1 Å². The Labute approximate surface area is 388 Å². The Hall–Kier alpha value is -7.16. The van der Waals surface area contributed by atoms with Crippen molar-refractivity contribution in [1.82, 2.24) is 9.62 Å². The number of halogens is 2. The van der Waals surface area contributed by atoms with Crippen molar-refractivity contribution in [3.05, 3.63) is 175 Å². The van der Waals surface area contributed by atoms with E-state index in [0.717, 1.165) is 38.7 Å². The highest BCUT2D eigenvalue weighted by Crippen LogP contribution is 2.43. The summed E-state index contributed by atoms with van der Waals surface area (Å²) in [7, 11) is -3.56. The van der Waals surface area contributed by atoms with Gasteiger partial charge in [0.2, 0.25) is 5.91 Å². The normalized spacial score (nSPS) is 16.0. The Morgan fingerprint density at radius 3 is 2.21 bits per heavy atom. The van der Waals surface area contributed by atoms with Gasteiger partial charge in [0.1, 0.15) is 36.8 Å². The number of fused-ring (bicyclic) bond motifs is 2. The number of nitro benzene ring substituents is 1. The molecule has 0 spiro atoms. The molecule has 0 fully saturated rings. The number of carboxylic acids is 1. The summed E-state index contributed by atoms with van der Waals surface area (Å²) in [6.07, 6.45) is -0.952. The van der Waals surface area contributed by atoms with Gasteiger partial charge in [0.05, 0.1) is 39.8 Å². The van der Waals surface area contributed by atoms with E-state index in [1.807, 2.05) is 18.2 Å². The molecule has 0 radical (unpaired) electrons. The number of amides is 1. The van der Waals surface area contributed by atoms with Gasteiger partial charge >= 0.3 is 5.97 Å². The number of nitrogens with one attached hydrogen (secondary N) is 1. The molecule has 0 bridgehead atoms. The predicted molar refractivity (Wildman–Crippen MR) is 242 cm³/mol. The third-order valence-electron chi connectivity index (χ3n) is 11.3. The average Bonchev–Trinajstić information content (AvgIpc) is 3.33. The van der Waals surface area contributed by atoms with E-state index >= 15 is 0 Å². The van der Waals surface area contributed by atoms with Crippen molar-refractivity contribution in [3.8, 4) is 40.2 Å². The number of methoxy groups -OCH3 is 1. The van der Waals surface area contributed by atoms with Gasteiger partial charge in [0.15, 0.2) is 22.5 Å².